The molecule has 2 amide bonds. The van der Waals surface area contributed by atoms with E-state index in [0.29, 0.717) is 6.54 Å². The maximum Gasteiger partial charge on any atom is 0.322 e. The highest BCUT2D eigenvalue weighted by molar-refractivity contribution is 7.15. The normalized spacial score (nSPS) is 16.7. The van der Waals surface area contributed by atoms with Gasteiger partial charge in [0.2, 0.25) is 0 Å². The third-order valence-electron chi connectivity index (χ3n) is 6.90. The van der Waals surface area contributed by atoms with E-state index in [-0.39, 0.29) is 12.1 Å². The fourth-order valence-electron chi connectivity index (χ4n) is 5.24. The molecule has 6 rings (SSSR count). The molecule has 0 fully saturated rings. The number of anilines is 1. The summed E-state index contributed by atoms with van der Waals surface area (Å²) in [7, 11) is 1.64. The average Bonchev–Trinajstić information content (AvgIpc) is 3.47. The standard InChI is InChI=1S/C28H27N3O2S/c1-33-21-15-13-20(14-16-21)29-28(32)31-18-23-22-10-5-6-12-25(22)34-27(23)30-17-7-11-24(30)26(31)19-8-3-2-4-9-19/h2-4,7-9,11,13-17,26H,5-6,10,12,18H2,1H3,(H,29,32)/t26-/m1/s1. The topological polar surface area (TPSA) is 46.5 Å². The lowest BCUT2D eigenvalue weighted by atomic mass is 9.95. The first-order chi connectivity index (χ1) is 16.7. The van der Waals surface area contributed by atoms with Gasteiger partial charge in [0.15, 0.2) is 0 Å². The molecule has 2 aromatic carbocycles. The molecule has 1 aliphatic carbocycles. The quantitative estimate of drug-likeness (QED) is 0.369. The van der Waals surface area contributed by atoms with Crippen LogP contribution in [0.2, 0.25) is 0 Å². The zero-order chi connectivity index (χ0) is 23.1. The number of aromatic nitrogens is 1. The second-order valence-electron chi connectivity index (χ2n) is 8.90. The fraction of sp³-hybridized carbons (Fsp3) is 0.250. The van der Waals surface area contributed by atoms with Crippen molar-refractivity contribution in [2.75, 3.05) is 12.4 Å². The van der Waals surface area contributed by atoms with Gasteiger partial charge in [-0.05, 0) is 73.2 Å². The Balaban J connectivity index is 1.46. The molecule has 2 aliphatic rings. The van der Waals surface area contributed by atoms with Crippen LogP contribution in [0.4, 0.5) is 10.5 Å². The number of thiophene rings is 1. The van der Waals surface area contributed by atoms with Gasteiger partial charge in [-0.1, -0.05) is 30.3 Å². The van der Waals surface area contributed by atoms with Crippen LogP contribution in [-0.2, 0) is 19.4 Å². The number of benzene rings is 2. The maximum absolute atomic E-state index is 13.9. The summed E-state index contributed by atoms with van der Waals surface area (Å²) in [5.74, 6) is 0.766. The molecular weight excluding hydrogens is 442 g/mol. The molecule has 34 heavy (non-hydrogen) atoms. The molecule has 0 spiro atoms. The number of methoxy groups -OCH3 is 1. The molecule has 4 aromatic rings. The van der Waals surface area contributed by atoms with Gasteiger partial charge in [0, 0.05) is 22.3 Å². The largest absolute Gasteiger partial charge is 0.497 e. The number of carbonyl (C=O) groups is 1. The van der Waals surface area contributed by atoms with Gasteiger partial charge in [0.05, 0.1) is 25.4 Å². The molecule has 0 saturated heterocycles. The van der Waals surface area contributed by atoms with Crippen molar-refractivity contribution < 1.29 is 9.53 Å². The minimum Gasteiger partial charge on any atom is -0.497 e. The Morgan fingerprint density at radius 1 is 0.971 bits per heavy atom. The second kappa shape index (κ2) is 8.69. The van der Waals surface area contributed by atoms with E-state index in [1.807, 2.05) is 58.7 Å². The summed E-state index contributed by atoms with van der Waals surface area (Å²) in [6.07, 6.45) is 6.86. The number of fused-ring (bicyclic) bond motifs is 5. The summed E-state index contributed by atoms with van der Waals surface area (Å²) < 4.78 is 7.59. The molecule has 1 atom stereocenters. The fourth-order valence-corrected chi connectivity index (χ4v) is 6.65. The van der Waals surface area contributed by atoms with Crippen molar-refractivity contribution in [1.29, 1.82) is 0 Å². The van der Waals surface area contributed by atoms with Crippen molar-refractivity contribution in [2.24, 2.45) is 0 Å². The third kappa shape index (κ3) is 3.59. The predicted molar refractivity (Wildman–Crippen MR) is 136 cm³/mol. The SMILES string of the molecule is COc1ccc(NC(=O)N2Cc3c(sc4c3CCCC4)-n3cccc3[C@H]2c2ccccc2)cc1. The van der Waals surface area contributed by atoms with Crippen molar-refractivity contribution >= 4 is 23.1 Å². The molecule has 0 saturated carbocycles. The highest BCUT2D eigenvalue weighted by atomic mass is 32.1. The van der Waals surface area contributed by atoms with Gasteiger partial charge in [0.25, 0.3) is 0 Å². The molecule has 2 aromatic heterocycles. The Morgan fingerprint density at radius 2 is 1.76 bits per heavy atom. The summed E-state index contributed by atoms with van der Waals surface area (Å²) in [6, 6.07) is 21.8. The van der Waals surface area contributed by atoms with Crippen molar-refractivity contribution in [3.63, 3.8) is 0 Å². The van der Waals surface area contributed by atoms with Gasteiger partial charge in [-0.3, -0.25) is 0 Å². The molecule has 6 heteroatoms. The van der Waals surface area contributed by atoms with Crippen molar-refractivity contribution in [3.8, 4) is 10.8 Å². The summed E-state index contributed by atoms with van der Waals surface area (Å²) in [5, 5.41) is 4.41. The second-order valence-corrected chi connectivity index (χ2v) is 9.98. The molecule has 1 aliphatic heterocycles. The highest BCUT2D eigenvalue weighted by Crippen LogP contribution is 2.44. The van der Waals surface area contributed by atoms with E-state index in [1.165, 1.54) is 33.8 Å². The lowest BCUT2D eigenvalue weighted by Crippen LogP contribution is -2.38. The first-order valence-corrected chi connectivity index (χ1v) is 12.6. The van der Waals surface area contributed by atoms with E-state index in [4.69, 9.17) is 4.74 Å². The summed E-state index contributed by atoms with van der Waals surface area (Å²) in [6.45, 7) is 0.588. The van der Waals surface area contributed by atoms with Crippen LogP contribution in [0, 0.1) is 0 Å². The Kier molecular flexibility index (Phi) is 5.38. The number of amides is 2. The van der Waals surface area contributed by atoms with Crippen molar-refractivity contribution in [2.45, 2.75) is 38.3 Å². The molecule has 0 bridgehead atoms. The van der Waals surface area contributed by atoms with Crippen LogP contribution in [0.3, 0.4) is 0 Å². The van der Waals surface area contributed by atoms with Gasteiger partial charge < -0.3 is 19.5 Å². The first kappa shape index (κ1) is 21.1. The summed E-state index contributed by atoms with van der Waals surface area (Å²) in [5.41, 5.74) is 5.75. The van der Waals surface area contributed by atoms with Crippen molar-refractivity contribution in [1.82, 2.24) is 9.47 Å². The summed E-state index contributed by atoms with van der Waals surface area (Å²) >= 11 is 1.91. The Hall–Kier alpha value is -3.51. The minimum absolute atomic E-state index is 0.102. The van der Waals surface area contributed by atoms with E-state index in [1.54, 1.807) is 7.11 Å². The molecule has 5 nitrogen and oxygen atoms in total. The van der Waals surface area contributed by atoms with Crippen LogP contribution in [0.5, 0.6) is 5.75 Å². The Bertz CT molecular complexity index is 1320. The smallest absolute Gasteiger partial charge is 0.322 e. The number of nitrogens with one attached hydrogen (secondary N) is 1. The molecule has 1 N–H and O–H groups in total. The van der Waals surface area contributed by atoms with Crippen LogP contribution < -0.4 is 10.1 Å². The number of hydrogen-bond acceptors (Lipinski definition) is 3. The minimum atomic E-state index is -0.187. The number of hydrogen-bond donors (Lipinski definition) is 1. The van der Waals surface area contributed by atoms with Gasteiger partial charge in [-0.25, -0.2) is 4.79 Å². The van der Waals surface area contributed by atoms with Gasteiger partial charge >= 0.3 is 6.03 Å². The number of rotatable bonds is 3. The van der Waals surface area contributed by atoms with Crippen LogP contribution in [0.1, 0.15) is 46.1 Å². The monoisotopic (exact) mass is 469 g/mol. The number of carbonyl (C=O) groups excluding carboxylic acids is 1. The number of nitrogens with zero attached hydrogens (tertiary/aromatic N) is 2. The van der Waals surface area contributed by atoms with Gasteiger partial charge in [0.1, 0.15) is 10.8 Å². The first-order valence-electron chi connectivity index (χ1n) is 11.8. The lowest BCUT2D eigenvalue weighted by molar-refractivity contribution is 0.194. The highest BCUT2D eigenvalue weighted by Gasteiger charge is 2.36. The van der Waals surface area contributed by atoms with Crippen LogP contribution >= 0.6 is 11.3 Å². The van der Waals surface area contributed by atoms with Gasteiger partial charge in [-0.2, -0.15) is 0 Å². The number of ether oxygens (including phenoxy) is 1. The zero-order valence-corrected chi connectivity index (χ0v) is 20.0. The molecule has 3 heterocycles. The van der Waals surface area contributed by atoms with E-state index in [0.717, 1.165) is 35.5 Å². The molecule has 172 valence electrons. The van der Waals surface area contributed by atoms with E-state index in [2.05, 4.69) is 40.3 Å². The van der Waals surface area contributed by atoms with Crippen LogP contribution in [0.15, 0.2) is 72.9 Å². The van der Waals surface area contributed by atoms with Gasteiger partial charge in [-0.15, -0.1) is 11.3 Å². The average molecular weight is 470 g/mol. The maximum atomic E-state index is 13.9. The Labute approximate surface area is 203 Å². The Morgan fingerprint density at radius 3 is 2.56 bits per heavy atom. The van der Waals surface area contributed by atoms with Crippen LogP contribution in [-0.4, -0.2) is 22.6 Å². The number of aryl methyl sites for hydroxylation is 1. The molecule has 0 unspecified atom stereocenters. The van der Waals surface area contributed by atoms with Crippen LogP contribution in [0.25, 0.3) is 5.00 Å². The third-order valence-corrected chi connectivity index (χ3v) is 8.23. The van der Waals surface area contributed by atoms with E-state index < -0.39 is 0 Å². The summed E-state index contributed by atoms with van der Waals surface area (Å²) in [4.78, 5) is 17.4. The predicted octanol–water partition coefficient (Wildman–Crippen LogP) is 6.56. The molecule has 0 radical (unpaired) electrons. The zero-order valence-electron chi connectivity index (χ0n) is 19.2. The lowest BCUT2D eigenvalue weighted by Gasteiger charge is -2.31. The van der Waals surface area contributed by atoms with Crippen molar-refractivity contribution in [3.05, 3.63) is 100 Å². The molecular formula is C28H27N3O2S. The van der Waals surface area contributed by atoms with E-state index >= 15 is 0 Å². The van der Waals surface area contributed by atoms with E-state index in [9.17, 15) is 4.79 Å². The number of urea groups is 1.